The zero-order valence-corrected chi connectivity index (χ0v) is 19.7. The second kappa shape index (κ2) is 9.30. The van der Waals surface area contributed by atoms with Gasteiger partial charge < -0.3 is 14.6 Å². The number of hydrogen-bond donors (Lipinski definition) is 1. The minimum atomic E-state index is -0.320. The second-order valence-corrected chi connectivity index (χ2v) is 9.31. The Bertz CT molecular complexity index is 1300. The number of carbonyl (C=O) groups is 2. The van der Waals surface area contributed by atoms with Crippen LogP contribution in [0.2, 0.25) is 0 Å². The average molecular weight is 477 g/mol. The van der Waals surface area contributed by atoms with Crippen molar-refractivity contribution < 1.29 is 14.0 Å². The number of hydrogen-bond acceptors (Lipinski definition) is 8. The summed E-state index contributed by atoms with van der Waals surface area (Å²) in [6, 6.07) is 7.14. The van der Waals surface area contributed by atoms with Crippen LogP contribution in [0.25, 0.3) is 22.5 Å². The van der Waals surface area contributed by atoms with Crippen LogP contribution in [-0.2, 0) is 11.3 Å². The smallest absolute Gasteiger partial charge is 0.310 e. The highest BCUT2D eigenvalue weighted by Gasteiger charge is 2.37. The summed E-state index contributed by atoms with van der Waals surface area (Å²) in [5.41, 5.74) is 3.61. The Balaban J connectivity index is 1.22. The van der Waals surface area contributed by atoms with E-state index in [1.165, 1.54) is 11.3 Å². The molecule has 34 heavy (non-hydrogen) atoms. The minimum absolute atomic E-state index is 0.00233. The number of nitrogens with one attached hydrogen (secondary N) is 1. The van der Waals surface area contributed by atoms with E-state index < -0.39 is 0 Å². The van der Waals surface area contributed by atoms with Gasteiger partial charge in [-0.3, -0.25) is 14.6 Å². The fourth-order valence-electron chi connectivity index (χ4n) is 4.20. The van der Waals surface area contributed by atoms with Gasteiger partial charge in [-0.2, -0.15) is 0 Å². The predicted molar refractivity (Wildman–Crippen MR) is 127 cm³/mol. The molecule has 1 aliphatic rings. The Kier molecular flexibility index (Phi) is 6.06. The molecule has 0 spiro atoms. The third-order valence-corrected chi connectivity index (χ3v) is 6.96. The van der Waals surface area contributed by atoms with Crippen molar-refractivity contribution >= 4 is 34.4 Å². The quantitative estimate of drug-likeness (QED) is 0.468. The van der Waals surface area contributed by atoms with E-state index in [4.69, 9.17) is 4.42 Å². The lowest BCUT2D eigenvalue weighted by molar-refractivity contribution is -0.128. The van der Waals surface area contributed by atoms with E-state index in [0.29, 0.717) is 30.7 Å². The lowest BCUT2D eigenvalue weighted by Gasteiger charge is -2.37. The van der Waals surface area contributed by atoms with Crippen LogP contribution in [0.15, 0.2) is 46.5 Å². The summed E-state index contributed by atoms with van der Waals surface area (Å²) in [6.07, 6.45) is 4.84. The van der Waals surface area contributed by atoms with Gasteiger partial charge in [0.25, 0.3) is 5.89 Å². The molecule has 2 atom stereocenters. The summed E-state index contributed by atoms with van der Waals surface area (Å²) in [7, 11) is 0. The molecule has 1 fully saturated rings. The zero-order chi connectivity index (χ0) is 23.7. The average Bonchev–Trinajstić information content (AvgIpc) is 3.50. The van der Waals surface area contributed by atoms with E-state index in [2.05, 4.69) is 25.3 Å². The number of rotatable bonds is 5. The number of thiazole rings is 1. The largest absolute Gasteiger partial charge is 0.413 e. The maximum atomic E-state index is 13.1. The molecule has 10 heteroatoms. The van der Waals surface area contributed by atoms with Gasteiger partial charge in [0.2, 0.25) is 11.6 Å². The van der Waals surface area contributed by atoms with Gasteiger partial charge in [-0.15, -0.1) is 11.3 Å². The summed E-state index contributed by atoms with van der Waals surface area (Å²) in [4.78, 5) is 45.1. The zero-order valence-electron chi connectivity index (χ0n) is 18.9. The topological polar surface area (TPSA) is 114 Å². The van der Waals surface area contributed by atoms with Crippen LogP contribution < -0.4 is 5.32 Å². The number of piperidine rings is 1. The Morgan fingerprint density at radius 2 is 2.12 bits per heavy atom. The fraction of sp³-hybridized carbons (Fsp3) is 0.333. The van der Waals surface area contributed by atoms with Crippen LogP contribution >= 0.6 is 11.3 Å². The molecular weight excluding hydrogens is 452 g/mol. The molecule has 5 rings (SSSR count). The number of likely N-dealkylation sites (tertiary alicyclic amines) is 1. The third-order valence-electron chi connectivity index (χ3n) is 6.11. The first-order valence-electron chi connectivity index (χ1n) is 11.2. The number of amides is 2. The number of aryl methyl sites for hydroxylation is 1. The van der Waals surface area contributed by atoms with Crippen LogP contribution in [0.5, 0.6) is 0 Å². The third kappa shape index (κ3) is 4.41. The molecule has 9 nitrogen and oxygen atoms in total. The molecule has 0 radical (unpaired) electrons. The Labute approximate surface area is 200 Å². The van der Waals surface area contributed by atoms with Gasteiger partial charge in [-0.1, -0.05) is 0 Å². The molecule has 4 aromatic heterocycles. The highest BCUT2D eigenvalue weighted by molar-refractivity contribution is 7.09. The molecule has 1 saturated heterocycles. The normalized spacial score (nSPS) is 18.2. The van der Waals surface area contributed by atoms with E-state index in [1.54, 1.807) is 29.4 Å². The van der Waals surface area contributed by atoms with Crippen molar-refractivity contribution in [2.24, 2.45) is 5.92 Å². The maximum Gasteiger partial charge on any atom is 0.310 e. The van der Waals surface area contributed by atoms with Gasteiger partial charge in [0.15, 0.2) is 0 Å². The number of pyridine rings is 2. The minimum Gasteiger partial charge on any atom is -0.413 e. The van der Waals surface area contributed by atoms with Crippen molar-refractivity contribution in [1.82, 2.24) is 30.2 Å². The molecule has 1 N–H and O–H groups in total. The fourth-order valence-corrected chi connectivity index (χ4v) is 4.95. The van der Waals surface area contributed by atoms with E-state index in [1.807, 2.05) is 31.4 Å². The lowest BCUT2D eigenvalue weighted by Crippen LogP contribution is -2.51. The van der Waals surface area contributed by atoms with Crippen LogP contribution in [0.4, 0.5) is 0 Å². The lowest BCUT2D eigenvalue weighted by atomic mass is 9.89. The first-order valence-corrected chi connectivity index (χ1v) is 12.1. The highest BCUT2D eigenvalue weighted by Crippen LogP contribution is 2.27. The molecule has 174 valence electrons. The standard InChI is InChI=1S/C24H24N6O3S/c1-14-7-8-16(11-26-14)19-13-34-20(28-19)12-27-21(31)17-5-4-10-30(15(17)2)24(32)23-29-18-6-3-9-25-22(18)33-23/h3,6-9,11,13,15,17H,4-5,10,12H2,1-2H3,(H,27,31)/t15-,17-/m0/s1. The van der Waals surface area contributed by atoms with E-state index in [9.17, 15) is 9.59 Å². The van der Waals surface area contributed by atoms with Crippen LogP contribution in [0.1, 0.15) is 41.2 Å². The predicted octanol–water partition coefficient (Wildman–Crippen LogP) is 3.61. The van der Waals surface area contributed by atoms with Gasteiger partial charge in [0.1, 0.15) is 10.5 Å². The van der Waals surface area contributed by atoms with Crippen molar-refractivity contribution in [2.75, 3.05) is 6.54 Å². The second-order valence-electron chi connectivity index (χ2n) is 8.37. The van der Waals surface area contributed by atoms with E-state index in [0.717, 1.165) is 28.4 Å². The van der Waals surface area contributed by atoms with Crippen molar-refractivity contribution in [3.05, 3.63) is 58.6 Å². The summed E-state index contributed by atoms with van der Waals surface area (Å²) < 4.78 is 5.55. The summed E-state index contributed by atoms with van der Waals surface area (Å²) in [5.74, 6) is -0.722. The summed E-state index contributed by atoms with van der Waals surface area (Å²) in [6.45, 7) is 4.73. The molecule has 2 amide bonds. The Hall–Kier alpha value is -3.66. The van der Waals surface area contributed by atoms with Crippen LogP contribution in [0.3, 0.4) is 0 Å². The number of fused-ring (bicyclic) bond motifs is 1. The first-order chi connectivity index (χ1) is 16.5. The van der Waals surface area contributed by atoms with Gasteiger partial charge in [-0.05, 0) is 51.0 Å². The number of nitrogens with zero attached hydrogens (tertiary/aromatic N) is 5. The number of oxazole rings is 1. The van der Waals surface area contributed by atoms with Crippen LogP contribution in [0, 0.1) is 12.8 Å². The maximum absolute atomic E-state index is 13.1. The molecular formula is C24H24N6O3S. The first kappa shape index (κ1) is 22.1. The highest BCUT2D eigenvalue weighted by atomic mass is 32.1. The Morgan fingerprint density at radius 3 is 2.91 bits per heavy atom. The number of carbonyl (C=O) groups excluding carboxylic acids is 2. The number of aromatic nitrogens is 4. The van der Waals surface area contributed by atoms with Crippen molar-refractivity contribution in [2.45, 2.75) is 39.3 Å². The van der Waals surface area contributed by atoms with Crippen molar-refractivity contribution in [3.8, 4) is 11.3 Å². The molecule has 0 unspecified atom stereocenters. The van der Waals surface area contributed by atoms with Crippen LogP contribution in [-0.4, -0.2) is 49.2 Å². The van der Waals surface area contributed by atoms with Crippen molar-refractivity contribution in [3.63, 3.8) is 0 Å². The van der Waals surface area contributed by atoms with Gasteiger partial charge in [-0.25, -0.2) is 15.0 Å². The molecule has 4 aromatic rings. The summed E-state index contributed by atoms with van der Waals surface area (Å²) in [5, 5.41) is 5.78. The molecule has 0 aromatic carbocycles. The van der Waals surface area contributed by atoms with E-state index in [-0.39, 0.29) is 29.7 Å². The molecule has 5 heterocycles. The molecule has 0 aliphatic carbocycles. The monoisotopic (exact) mass is 476 g/mol. The van der Waals surface area contributed by atoms with E-state index >= 15 is 0 Å². The summed E-state index contributed by atoms with van der Waals surface area (Å²) >= 11 is 1.50. The Morgan fingerprint density at radius 1 is 1.24 bits per heavy atom. The molecule has 0 saturated carbocycles. The van der Waals surface area contributed by atoms with Gasteiger partial charge in [0, 0.05) is 41.6 Å². The molecule has 0 bridgehead atoms. The van der Waals surface area contributed by atoms with Crippen molar-refractivity contribution in [1.29, 1.82) is 0 Å². The van der Waals surface area contributed by atoms with Gasteiger partial charge >= 0.3 is 5.91 Å². The SMILES string of the molecule is Cc1ccc(-c2csc(CNC(=O)[C@H]3CCCN(C(=O)c4nc5cccnc5o4)[C@H]3C)n2)cn1. The van der Waals surface area contributed by atoms with Gasteiger partial charge in [0.05, 0.1) is 18.2 Å². The molecule has 1 aliphatic heterocycles.